The Bertz CT molecular complexity index is 1070. The van der Waals surface area contributed by atoms with Crippen molar-refractivity contribution in [2.75, 3.05) is 32.1 Å². The zero-order valence-corrected chi connectivity index (χ0v) is 18.9. The molecule has 0 saturated heterocycles. The quantitative estimate of drug-likeness (QED) is 0.550. The number of ether oxygens (including phenoxy) is 2. The number of carbonyl (C=O) groups is 2. The van der Waals surface area contributed by atoms with Crippen LogP contribution in [0.5, 0.6) is 11.5 Å². The van der Waals surface area contributed by atoms with Crippen LogP contribution in [0.1, 0.15) is 24.2 Å². The van der Waals surface area contributed by atoms with Crippen LogP contribution in [0, 0.1) is 0 Å². The second kappa shape index (κ2) is 10.5. The molecule has 0 radical (unpaired) electrons. The van der Waals surface area contributed by atoms with Crippen molar-refractivity contribution in [1.29, 1.82) is 0 Å². The molecule has 0 atom stereocenters. The lowest BCUT2D eigenvalue weighted by Gasteiger charge is -2.19. The number of rotatable bonds is 10. The minimum absolute atomic E-state index is 0.0450. The molecular weight excluding hydrogens is 446 g/mol. The normalized spacial score (nSPS) is 11.3. The highest BCUT2D eigenvalue weighted by atomic mass is 35.5. The van der Waals surface area contributed by atoms with Crippen molar-refractivity contribution in [2.24, 2.45) is 5.73 Å². The summed E-state index contributed by atoms with van der Waals surface area (Å²) in [5.41, 5.74) is 5.50. The van der Waals surface area contributed by atoms with Crippen LogP contribution >= 0.6 is 11.6 Å². The first-order valence-electron chi connectivity index (χ1n) is 9.34. The molecule has 31 heavy (non-hydrogen) atoms. The first-order chi connectivity index (χ1) is 14.6. The fraction of sp³-hybridized carbons (Fsp3) is 0.300. The van der Waals surface area contributed by atoms with Crippen LogP contribution in [0.2, 0.25) is 5.02 Å². The number of hydrogen-bond acceptors (Lipinski definition) is 6. The van der Waals surface area contributed by atoms with Gasteiger partial charge in [-0.15, -0.1) is 0 Å². The Morgan fingerprint density at radius 2 is 1.84 bits per heavy atom. The topological polar surface area (TPSA) is 128 Å². The largest absolute Gasteiger partial charge is 0.493 e. The summed E-state index contributed by atoms with van der Waals surface area (Å²) in [5, 5.41) is 2.69. The van der Waals surface area contributed by atoms with Crippen LogP contribution in [-0.4, -0.2) is 51.3 Å². The van der Waals surface area contributed by atoms with Crippen LogP contribution in [0.4, 0.5) is 5.69 Å². The number of carbonyl (C=O) groups excluding carboxylic acids is 2. The number of halogens is 1. The highest BCUT2D eigenvalue weighted by Gasteiger charge is 2.22. The summed E-state index contributed by atoms with van der Waals surface area (Å²) in [6.45, 7) is 3.76. The number of anilines is 1. The summed E-state index contributed by atoms with van der Waals surface area (Å²) in [7, 11) is -2.32. The van der Waals surface area contributed by atoms with Crippen molar-refractivity contribution in [1.82, 2.24) is 4.31 Å². The molecule has 11 heteroatoms. The number of nitrogens with one attached hydrogen (secondary N) is 1. The zero-order valence-electron chi connectivity index (χ0n) is 17.3. The Balaban J connectivity index is 2.30. The van der Waals surface area contributed by atoms with E-state index in [1.165, 1.54) is 35.7 Å². The van der Waals surface area contributed by atoms with Crippen LogP contribution in [0.3, 0.4) is 0 Å². The van der Waals surface area contributed by atoms with Gasteiger partial charge in [-0.3, -0.25) is 9.59 Å². The molecule has 0 aliphatic carbocycles. The Morgan fingerprint density at radius 3 is 2.42 bits per heavy atom. The predicted molar refractivity (Wildman–Crippen MR) is 117 cm³/mol. The molecule has 2 aromatic carbocycles. The fourth-order valence-corrected chi connectivity index (χ4v) is 4.55. The maximum Gasteiger partial charge on any atom is 0.255 e. The lowest BCUT2D eigenvalue weighted by molar-refractivity contribution is -0.119. The summed E-state index contributed by atoms with van der Waals surface area (Å²) < 4.78 is 37.2. The third-order valence-corrected chi connectivity index (χ3v) is 6.61. The van der Waals surface area contributed by atoms with E-state index in [0.717, 1.165) is 0 Å². The van der Waals surface area contributed by atoms with Gasteiger partial charge in [0.05, 0.1) is 17.0 Å². The average molecular weight is 470 g/mol. The molecule has 0 heterocycles. The smallest absolute Gasteiger partial charge is 0.255 e. The molecule has 0 unspecified atom stereocenters. The number of methoxy groups -OCH3 is 1. The lowest BCUT2D eigenvalue weighted by atomic mass is 10.1. The maximum absolute atomic E-state index is 12.7. The Morgan fingerprint density at radius 1 is 1.16 bits per heavy atom. The molecule has 3 N–H and O–H groups in total. The second-order valence-electron chi connectivity index (χ2n) is 6.32. The Labute approximate surface area is 186 Å². The molecule has 2 rings (SSSR count). The average Bonchev–Trinajstić information content (AvgIpc) is 2.73. The number of primary amides is 1. The highest BCUT2D eigenvalue weighted by molar-refractivity contribution is 7.89. The third-order valence-electron chi connectivity index (χ3n) is 4.29. The van der Waals surface area contributed by atoms with Crippen molar-refractivity contribution in [2.45, 2.75) is 18.7 Å². The maximum atomic E-state index is 12.7. The molecule has 0 bridgehead atoms. The number of benzene rings is 2. The number of sulfonamides is 1. The van der Waals surface area contributed by atoms with Gasteiger partial charge in [-0.2, -0.15) is 4.31 Å². The van der Waals surface area contributed by atoms with Crippen LogP contribution in [-0.2, 0) is 14.8 Å². The van der Waals surface area contributed by atoms with Gasteiger partial charge in [0.2, 0.25) is 10.0 Å². The number of amides is 2. The van der Waals surface area contributed by atoms with Gasteiger partial charge >= 0.3 is 0 Å². The highest BCUT2D eigenvalue weighted by Crippen LogP contribution is 2.36. The van der Waals surface area contributed by atoms with Gasteiger partial charge in [-0.25, -0.2) is 8.42 Å². The first kappa shape index (κ1) is 24.4. The Kier molecular flexibility index (Phi) is 8.26. The summed E-state index contributed by atoms with van der Waals surface area (Å²) in [6.07, 6.45) is 0. The van der Waals surface area contributed by atoms with Gasteiger partial charge in [-0.1, -0.05) is 31.5 Å². The number of nitrogens with zero attached hydrogens (tertiary/aromatic N) is 1. The van der Waals surface area contributed by atoms with Crippen LogP contribution in [0.25, 0.3) is 0 Å². The van der Waals surface area contributed by atoms with E-state index < -0.39 is 28.4 Å². The zero-order chi connectivity index (χ0) is 23.2. The van der Waals surface area contributed by atoms with E-state index in [0.29, 0.717) is 18.8 Å². The van der Waals surface area contributed by atoms with E-state index in [-0.39, 0.29) is 27.0 Å². The fourth-order valence-electron chi connectivity index (χ4n) is 2.78. The summed E-state index contributed by atoms with van der Waals surface area (Å²) in [4.78, 5) is 23.7. The van der Waals surface area contributed by atoms with Crippen LogP contribution < -0.4 is 20.5 Å². The Hall–Kier alpha value is -2.82. The molecule has 0 aromatic heterocycles. The van der Waals surface area contributed by atoms with Crippen molar-refractivity contribution >= 4 is 39.1 Å². The first-order valence-corrected chi connectivity index (χ1v) is 11.2. The van der Waals surface area contributed by atoms with E-state index in [2.05, 4.69) is 5.32 Å². The number of nitrogens with two attached hydrogens (primary N) is 1. The van der Waals surface area contributed by atoms with Gasteiger partial charge in [0.25, 0.3) is 11.8 Å². The minimum Gasteiger partial charge on any atom is -0.493 e. The van der Waals surface area contributed by atoms with Crippen molar-refractivity contribution in [3.63, 3.8) is 0 Å². The van der Waals surface area contributed by atoms with E-state index in [4.69, 9.17) is 26.8 Å². The van der Waals surface area contributed by atoms with E-state index in [9.17, 15) is 18.0 Å². The minimum atomic E-state index is -3.67. The standard InChI is InChI=1S/C20H24ClN3O6S/c1-4-24(5-2)31(27,28)15-8-6-7-14(11-15)23-20(26)13-9-16(21)19(17(10-13)29-3)30-12-18(22)25/h6-11H,4-5,12H2,1-3H3,(H2,22,25)(H,23,26). The van der Waals surface area contributed by atoms with Gasteiger partial charge in [-0.05, 0) is 30.3 Å². The summed E-state index contributed by atoms with van der Waals surface area (Å²) in [6, 6.07) is 8.69. The molecule has 0 spiro atoms. The summed E-state index contributed by atoms with van der Waals surface area (Å²) in [5.74, 6) is -1.03. The molecular formula is C20H24ClN3O6S. The van der Waals surface area contributed by atoms with Gasteiger partial charge in [0.15, 0.2) is 18.1 Å². The molecule has 168 valence electrons. The monoisotopic (exact) mass is 469 g/mol. The second-order valence-corrected chi connectivity index (χ2v) is 8.66. The van der Waals surface area contributed by atoms with Crippen LogP contribution in [0.15, 0.2) is 41.3 Å². The molecule has 0 fully saturated rings. The summed E-state index contributed by atoms with van der Waals surface area (Å²) >= 11 is 6.17. The molecule has 2 amide bonds. The molecule has 9 nitrogen and oxygen atoms in total. The van der Waals surface area contributed by atoms with E-state index in [1.54, 1.807) is 26.0 Å². The van der Waals surface area contributed by atoms with E-state index in [1.807, 2.05) is 0 Å². The van der Waals surface area contributed by atoms with Gasteiger partial charge in [0, 0.05) is 24.3 Å². The van der Waals surface area contributed by atoms with Gasteiger partial charge < -0.3 is 20.5 Å². The molecule has 0 aliphatic rings. The van der Waals surface area contributed by atoms with Crippen molar-refractivity contribution in [3.05, 3.63) is 47.0 Å². The lowest BCUT2D eigenvalue weighted by Crippen LogP contribution is -2.30. The SMILES string of the molecule is CCN(CC)S(=O)(=O)c1cccc(NC(=O)c2cc(Cl)c(OCC(N)=O)c(OC)c2)c1. The molecule has 0 saturated carbocycles. The number of hydrogen-bond donors (Lipinski definition) is 2. The van der Waals surface area contributed by atoms with E-state index >= 15 is 0 Å². The predicted octanol–water partition coefficient (Wildman–Crippen LogP) is 2.50. The van der Waals surface area contributed by atoms with Crippen molar-refractivity contribution in [3.8, 4) is 11.5 Å². The van der Waals surface area contributed by atoms with Gasteiger partial charge in [0.1, 0.15) is 0 Å². The molecule has 0 aliphatic heterocycles. The third kappa shape index (κ3) is 5.87. The molecule has 2 aromatic rings. The van der Waals surface area contributed by atoms with Crippen molar-refractivity contribution < 1.29 is 27.5 Å².